The molecule has 4 rings (SSSR count). The zero-order valence-corrected chi connectivity index (χ0v) is 26.9. The molecule has 11 heteroatoms. The topological polar surface area (TPSA) is 123 Å². The first kappa shape index (κ1) is 32.8. The van der Waals surface area contributed by atoms with Gasteiger partial charge in [0.1, 0.15) is 5.75 Å². The van der Waals surface area contributed by atoms with Gasteiger partial charge in [-0.3, -0.25) is 9.11 Å². The molecule has 1 aliphatic rings. The molecule has 0 bridgehead atoms. The molecule has 232 valence electrons. The highest BCUT2D eigenvalue weighted by Gasteiger charge is 2.52. The predicted octanol–water partition coefficient (Wildman–Crippen LogP) is 3.39. The first-order chi connectivity index (χ1) is 20.5. The van der Waals surface area contributed by atoms with Crippen LogP contribution in [0.25, 0.3) is 0 Å². The molecule has 1 saturated heterocycles. The Balaban J connectivity index is 1.65. The molecule has 0 aliphatic carbocycles. The van der Waals surface area contributed by atoms with Crippen molar-refractivity contribution in [3.63, 3.8) is 0 Å². The smallest absolute Gasteiger partial charge is 0.408 e. The predicted molar refractivity (Wildman–Crippen MR) is 169 cm³/mol. The lowest BCUT2D eigenvalue weighted by Crippen LogP contribution is -2.67. The number of aliphatic hydroxyl groups excluding tert-OH is 1. The summed E-state index contributed by atoms with van der Waals surface area (Å²) < 4.78 is 38.5. The van der Waals surface area contributed by atoms with Crippen LogP contribution < -0.4 is 15.1 Å². The van der Waals surface area contributed by atoms with E-state index >= 15 is 0 Å². The lowest BCUT2D eigenvalue weighted by Gasteiger charge is -2.44. The Morgan fingerprint density at radius 1 is 1.02 bits per heavy atom. The van der Waals surface area contributed by atoms with E-state index < -0.39 is 50.4 Å². The Morgan fingerprint density at radius 2 is 1.58 bits per heavy atom. The van der Waals surface area contributed by atoms with Crippen molar-refractivity contribution in [2.45, 2.75) is 56.8 Å². The first-order valence-electron chi connectivity index (χ1n) is 14.4. The molecule has 1 fully saturated rings. The molecule has 0 spiro atoms. The molecule has 9 nitrogen and oxygen atoms in total. The van der Waals surface area contributed by atoms with E-state index in [1.807, 2.05) is 60.7 Å². The highest BCUT2D eigenvalue weighted by atomic mass is 32.2. The molecule has 43 heavy (non-hydrogen) atoms. The van der Waals surface area contributed by atoms with Crippen molar-refractivity contribution in [2.75, 3.05) is 26.9 Å². The fraction of sp³-hybridized carbons (Fsp3) is 0.406. The van der Waals surface area contributed by atoms with Gasteiger partial charge in [0.15, 0.2) is 0 Å². The lowest BCUT2D eigenvalue weighted by atomic mass is 10.1. The molecule has 1 unspecified atom stereocenters. The number of hydrogen-bond donors (Lipinski definition) is 2. The maximum absolute atomic E-state index is 12.6. The number of benzene rings is 3. The minimum Gasteiger partial charge on any atom is -0.760 e. The molecule has 4 atom stereocenters. The van der Waals surface area contributed by atoms with Gasteiger partial charge < -0.3 is 23.9 Å². The number of carboxylic acid groups (broad SMARTS) is 1. The molecule has 1 aliphatic heterocycles. The molecule has 2 N–H and O–H groups in total. The Hall–Kier alpha value is -3.06. The van der Waals surface area contributed by atoms with Crippen molar-refractivity contribution < 1.29 is 32.9 Å². The van der Waals surface area contributed by atoms with Gasteiger partial charge >= 0.3 is 6.09 Å². The number of ether oxygens (including phenoxy) is 1. The van der Waals surface area contributed by atoms with Gasteiger partial charge in [-0.25, -0.2) is 9.10 Å². The maximum Gasteiger partial charge on any atom is 0.408 e. The van der Waals surface area contributed by atoms with Crippen LogP contribution in [0.3, 0.4) is 0 Å². The average Bonchev–Trinajstić information content (AvgIpc) is 3.36. The zero-order chi connectivity index (χ0) is 31.2. The number of likely N-dealkylation sites (tertiary alicyclic amines) is 1. The Labute approximate surface area is 257 Å². The number of amides is 1. The monoisotopic (exact) mass is 625 g/mol. The third kappa shape index (κ3) is 7.03. The van der Waals surface area contributed by atoms with Gasteiger partial charge in [-0.1, -0.05) is 93.6 Å². The second kappa shape index (κ2) is 14.1. The summed E-state index contributed by atoms with van der Waals surface area (Å²) in [5, 5.41) is 22.5. The van der Waals surface area contributed by atoms with E-state index in [0.29, 0.717) is 12.2 Å². The van der Waals surface area contributed by atoms with Gasteiger partial charge in [0, 0.05) is 23.9 Å². The number of nitrogens with zero attached hydrogens (tertiary/aromatic N) is 2. The van der Waals surface area contributed by atoms with Crippen LogP contribution in [0.2, 0.25) is 5.04 Å². The first-order valence-corrected chi connectivity index (χ1v) is 17.3. The SMILES string of the molecule is COc1ccc(CCN([C@H]2C[C@@H](CO[Si](c3ccccc3)(c3ccccc3)C(C)(C)C)N(C(=O)O)[C@H]2CO)S(=O)[O-])cc1. The fourth-order valence-electron chi connectivity index (χ4n) is 6.34. The minimum atomic E-state index is -2.98. The molecular weight excluding hydrogens is 585 g/mol. The summed E-state index contributed by atoms with van der Waals surface area (Å²) in [4.78, 5) is 13.8. The summed E-state index contributed by atoms with van der Waals surface area (Å²) in [5.41, 5.74) is 0.913. The van der Waals surface area contributed by atoms with Gasteiger partial charge in [0.2, 0.25) is 0 Å². The van der Waals surface area contributed by atoms with Crippen LogP contribution in [0.1, 0.15) is 32.8 Å². The summed E-state index contributed by atoms with van der Waals surface area (Å²) in [6.45, 7) is 6.11. The molecule has 0 saturated carbocycles. The Morgan fingerprint density at radius 3 is 2.02 bits per heavy atom. The van der Waals surface area contributed by atoms with Gasteiger partial charge in [-0.05, 0) is 45.9 Å². The number of methoxy groups -OCH3 is 1. The largest absolute Gasteiger partial charge is 0.760 e. The second-order valence-corrected chi connectivity index (χ2v) is 17.0. The molecule has 3 aromatic rings. The van der Waals surface area contributed by atoms with E-state index in [9.17, 15) is 23.8 Å². The third-order valence-electron chi connectivity index (χ3n) is 8.37. The van der Waals surface area contributed by atoms with Crippen molar-refractivity contribution in [1.29, 1.82) is 0 Å². The number of aliphatic hydroxyl groups is 1. The van der Waals surface area contributed by atoms with Gasteiger partial charge in [0.25, 0.3) is 8.32 Å². The molecular formula is C32H41N2O7SSi-. The zero-order valence-electron chi connectivity index (χ0n) is 25.1. The maximum atomic E-state index is 12.6. The molecule has 1 amide bonds. The van der Waals surface area contributed by atoms with Crippen molar-refractivity contribution in [1.82, 2.24) is 9.21 Å². The van der Waals surface area contributed by atoms with E-state index in [4.69, 9.17) is 9.16 Å². The van der Waals surface area contributed by atoms with Crippen LogP contribution in [0.15, 0.2) is 84.9 Å². The lowest BCUT2D eigenvalue weighted by molar-refractivity contribution is 0.0754. The molecule has 0 aromatic heterocycles. The quantitative estimate of drug-likeness (QED) is 0.234. The van der Waals surface area contributed by atoms with Crippen LogP contribution >= 0.6 is 0 Å². The summed E-state index contributed by atoms with van der Waals surface area (Å²) >= 11 is -2.64. The van der Waals surface area contributed by atoms with Crippen molar-refractivity contribution in [3.8, 4) is 5.75 Å². The van der Waals surface area contributed by atoms with Crippen LogP contribution in [0, 0.1) is 0 Å². The number of hydrogen-bond acceptors (Lipinski definition) is 6. The highest BCUT2D eigenvalue weighted by Crippen LogP contribution is 2.38. The van der Waals surface area contributed by atoms with Gasteiger partial charge in [-0.15, -0.1) is 0 Å². The van der Waals surface area contributed by atoms with Crippen molar-refractivity contribution >= 4 is 36.1 Å². The van der Waals surface area contributed by atoms with Crippen LogP contribution in [0.5, 0.6) is 5.75 Å². The van der Waals surface area contributed by atoms with Crippen LogP contribution in [-0.4, -0.2) is 87.6 Å². The van der Waals surface area contributed by atoms with Crippen LogP contribution in [0.4, 0.5) is 4.79 Å². The summed E-state index contributed by atoms with van der Waals surface area (Å²) in [6, 6.07) is 25.1. The Bertz CT molecular complexity index is 1320. The summed E-state index contributed by atoms with van der Waals surface area (Å²) in [7, 11) is -1.40. The van der Waals surface area contributed by atoms with Crippen molar-refractivity contribution in [2.24, 2.45) is 0 Å². The van der Waals surface area contributed by atoms with E-state index in [-0.39, 0.29) is 24.6 Å². The Kier molecular flexibility index (Phi) is 10.8. The third-order valence-corrected chi connectivity index (χ3v) is 14.2. The normalized spacial score (nSPS) is 19.9. The van der Waals surface area contributed by atoms with Crippen molar-refractivity contribution in [3.05, 3.63) is 90.5 Å². The summed E-state index contributed by atoms with van der Waals surface area (Å²) in [5.74, 6) is 0.699. The molecule has 1 heterocycles. The van der Waals surface area contributed by atoms with Gasteiger partial charge in [0.05, 0.1) is 32.4 Å². The average molecular weight is 626 g/mol. The minimum absolute atomic E-state index is 0.0599. The van der Waals surface area contributed by atoms with Gasteiger partial charge in [-0.2, -0.15) is 0 Å². The number of rotatable bonds is 12. The van der Waals surface area contributed by atoms with Crippen LogP contribution in [-0.2, 0) is 22.1 Å². The number of carbonyl (C=O) groups is 1. The molecule has 0 radical (unpaired) electrons. The molecule has 3 aromatic carbocycles. The second-order valence-electron chi connectivity index (χ2n) is 11.8. The fourth-order valence-corrected chi connectivity index (χ4v) is 11.6. The standard InChI is InChI=1S/C32H42N2O7SSi/c1-32(2,3)43(27-11-7-5-8-12-27,28-13-9-6-10-14-28)41-23-25-21-29(30(22-35)34(25)31(36)37)33(42(38)39)20-19-24-15-17-26(40-4)18-16-24/h5-18,25,29-30,35H,19-23H2,1-4H3,(H,36,37)(H,38,39)/p-1/t25-,29-,30-/m0/s1. The van der Waals surface area contributed by atoms with E-state index in [1.54, 1.807) is 7.11 Å². The van der Waals surface area contributed by atoms with E-state index in [1.165, 1.54) is 9.21 Å². The van der Waals surface area contributed by atoms with E-state index in [2.05, 4.69) is 45.0 Å². The van der Waals surface area contributed by atoms with E-state index in [0.717, 1.165) is 15.9 Å². The highest BCUT2D eigenvalue weighted by molar-refractivity contribution is 7.76. The summed E-state index contributed by atoms with van der Waals surface area (Å²) in [6.07, 6.45) is -0.598.